The highest BCUT2D eigenvalue weighted by atomic mass is 16.5. The fraction of sp³-hybridized carbons (Fsp3) is 0.188. The Kier molecular flexibility index (Phi) is 4.60. The minimum atomic E-state index is -0.209. The fourth-order valence-corrected chi connectivity index (χ4v) is 1.72. The van der Waals surface area contributed by atoms with Gasteiger partial charge in [0.05, 0.1) is 7.11 Å². The van der Waals surface area contributed by atoms with Crippen LogP contribution in [0.2, 0.25) is 0 Å². The Hall–Kier alpha value is -2.49. The van der Waals surface area contributed by atoms with Gasteiger partial charge < -0.3 is 14.8 Å². The van der Waals surface area contributed by atoms with Crippen molar-refractivity contribution >= 4 is 11.6 Å². The number of ether oxygens (including phenoxy) is 2. The van der Waals surface area contributed by atoms with Crippen molar-refractivity contribution in [2.45, 2.75) is 6.92 Å². The van der Waals surface area contributed by atoms with Crippen LogP contribution in [0.5, 0.6) is 11.5 Å². The van der Waals surface area contributed by atoms with Gasteiger partial charge >= 0.3 is 0 Å². The summed E-state index contributed by atoms with van der Waals surface area (Å²) in [5, 5.41) is 2.77. The van der Waals surface area contributed by atoms with E-state index in [2.05, 4.69) is 5.32 Å². The van der Waals surface area contributed by atoms with Gasteiger partial charge in [0.15, 0.2) is 18.1 Å². The summed E-state index contributed by atoms with van der Waals surface area (Å²) in [6.07, 6.45) is 0. The van der Waals surface area contributed by atoms with Gasteiger partial charge in [0.2, 0.25) is 0 Å². The average molecular weight is 271 g/mol. The zero-order valence-corrected chi connectivity index (χ0v) is 11.6. The Morgan fingerprint density at radius 2 is 1.70 bits per heavy atom. The second kappa shape index (κ2) is 6.61. The molecule has 104 valence electrons. The van der Waals surface area contributed by atoms with E-state index in [9.17, 15) is 4.79 Å². The van der Waals surface area contributed by atoms with Gasteiger partial charge in [-0.1, -0.05) is 29.8 Å². The minimum Gasteiger partial charge on any atom is -0.493 e. The van der Waals surface area contributed by atoms with Crippen LogP contribution in [0.15, 0.2) is 48.5 Å². The molecule has 0 saturated heterocycles. The first kappa shape index (κ1) is 13.9. The zero-order chi connectivity index (χ0) is 14.4. The van der Waals surface area contributed by atoms with E-state index in [4.69, 9.17) is 9.47 Å². The molecule has 2 aromatic rings. The van der Waals surface area contributed by atoms with Crippen LogP contribution in [0.4, 0.5) is 5.69 Å². The van der Waals surface area contributed by atoms with Crippen molar-refractivity contribution in [2.75, 3.05) is 19.0 Å². The van der Waals surface area contributed by atoms with E-state index in [0.717, 1.165) is 11.3 Å². The first-order valence-corrected chi connectivity index (χ1v) is 6.31. The van der Waals surface area contributed by atoms with Crippen LogP contribution in [0.1, 0.15) is 5.56 Å². The molecule has 4 heteroatoms. The molecule has 0 saturated carbocycles. The van der Waals surface area contributed by atoms with Crippen LogP contribution in [-0.2, 0) is 4.79 Å². The second-order valence-corrected chi connectivity index (χ2v) is 4.35. The number of amides is 1. The molecule has 0 aliphatic rings. The molecule has 0 heterocycles. The van der Waals surface area contributed by atoms with Crippen LogP contribution in [0, 0.1) is 6.92 Å². The molecule has 0 bridgehead atoms. The Bertz CT molecular complexity index is 579. The Morgan fingerprint density at radius 1 is 1.05 bits per heavy atom. The average Bonchev–Trinajstić information content (AvgIpc) is 2.48. The summed E-state index contributed by atoms with van der Waals surface area (Å²) in [4.78, 5) is 11.8. The van der Waals surface area contributed by atoms with Crippen molar-refractivity contribution in [3.63, 3.8) is 0 Å². The molecule has 0 unspecified atom stereocenters. The number of hydrogen-bond donors (Lipinski definition) is 1. The fourth-order valence-electron chi connectivity index (χ4n) is 1.72. The molecule has 0 fully saturated rings. The lowest BCUT2D eigenvalue weighted by molar-refractivity contribution is -0.118. The SMILES string of the molecule is COc1ccccc1OCC(=O)Nc1ccc(C)cc1. The standard InChI is InChI=1S/C16H17NO3/c1-12-7-9-13(10-8-12)17-16(18)11-20-15-6-4-3-5-14(15)19-2/h3-10H,11H2,1-2H3,(H,17,18). The van der Waals surface area contributed by atoms with E-state index in [1.807, 2.05) is 43.3 Å². The lowest BCUT2D eigenvalue weighted by Gasteiger charge is -2.10. The number of aryl methyl sites for hydroxylation is 1. The molecule has 2 aromatic carbocycles. The van der Waals surface area contributed by atoms with E-state index < -0.39 is 0 Å². The first-order chi connectivity index (χ1) is 9.69. The van der Waals surface area contributed by atoms with E-state index in [-0.39, 0.29) is 12.5 Å². The molecule has 1 N–H and O–H groups in total. The molecule has 0 radical (unpaired) electrons. The van der Waals surface area contributed by atoms with Gasteiger partial charge in [-0.05, 0) is 31.2 Å². The predicted molar refractivity (Wildman–Crippen MR) is 78.3 cm³/mol. The van der Waals surface area contributed by atoms with Gasteiger partial charge in [-0.3, -0.25) is 4.79 Å². The number of anilines is 1. The molecular formula is C16H17NO3. The van der Waals surface area contributed by atoms with E-state index in [1.54, 1.807) is 19.2 Å². The van der Waals surface area contributed by atoms with Crippen LogP contribution < -0.4 is 14.8 Å². The second-order valence-electron chi connectivity index (χ2n) is 4.35. The van der Waals surface area contributed by atoms with Crippen molar-refractivity contribution in [3.05, 3.63) is 54.1 Å². The van der Waals surface area contributed by atoms with Crippen LogP contribution in [-0.4, -0.2) is 19.6 Å². The smallest absolute Gasteiger partial charge is 0.262 e. The van der Waals surface area contributed by atoms with Crippen LogP contribution in [0.25, 0.3) is 0 Å². The predicted octanol–water partition coefficient (Wildman–Crippen LogP) is 3.02. The molecule has 1 amide bonds. The number of carbonyl (C=O) groups is 1. The van der Waals surface area contributed by atoms with Gasteiger partial charge in [0, 0.05) is 5.69 Å². The molecule has 0 aliphatic carbocycles. The molecule has 2 rings (SSSR count). The van der Waals surface area contributed by atoms with Gasteiger partial charge in [-0.25, -0.2) is 0 Å². The summed E-state index contributed by atoms with van der Waals surface area (Å²) < 4.78 is 10.6. The van der Waals surface area contributed by atoms with Crippen LogP contribution in [0.3, 0.4) is 0 Å². The maximum atomic E-state index is 11.8. The number of carbonyl (C=O) groups excluding carboxylic acids is 1. The summed E-state index contributed by atoms with van der Waals surface area (Å²) in [6, 6.07) is 14.8. The van der Waals surface area contributed by atoms with E-state index >= 15 is 0 Å². The van der Waals surface area contributed by atoms with E-state index in [0.29, 0.717) is 11.5 Å². The summed E-state index contributed by atoms with van der Waals surface area (Å²) >= 11 is 0. The lowest BCUT2D eigenvalue weighted by Crippen LogP contribution is -2.20. The highest BCUT2D eigenvalue weighted by Gasteiger charge is 2.07. The maximum Gasteiger partial charge on any atom is 0.262 e. The van der Waals surface area contributed by atoms with Gasteiger partial charge in [-0.2, -0.15) is 0 Å². The minimum absolute atomic E-state index is 0.0613. The number of para-hydroxylation sites is 2. The molecule has 20 heavy (non-hydrogen) atoms. The first-order valence-electron chi connectivity index (χ1n) is 6.31. The summed E-state index contributed by atoms with van der Waals surface area (Å²) in [6.45, 7) is 1.94. The van der Waals surface area contributed by atoms with Gasteiger partial charge in [0.1, 0.15) is 0 Å². The molecule has 0 spiro atoms. The number of nitrogens with one attached hydrogen (secondary N) is 1. The molecular weight excluding hydrogens is 254 g/mol. The number of benzene rings is 2. The summed E-state index contributed by atoms with van der Waals surface area (Å²) in [5.41, 5.74) is 1.90. The Labute approximate surface area is 118 Å². The Balaban J connectivity index is 1.90. The molecule has 0 aliphatic heterocycles. The third-order valence-electron chi connectivity index (χ3n) is 2.76. The Morgan fingerprint density at radius 3 is 2.35 bits per heavy atom. The van der Waals surface area contributed by atoms with Crippen LogP contribution >= 0.6 is 0 Å². The highest BCUT2D eigenvalue weighted by Crippen LogP contribution is 2.25. The highest BCUT2D eigenvalue weighted by molar-refractivity contribution is 5.91. The van der Waals surface area contributed by atoms with E-state index in [1.165, 1.54) is 0 Å². The topological polar surface area (TPSA) is 47.6 Å². The largest absolute Gasteiger partial charge is 0.493 e. The van der Waals surface area contributed by atoms with Gasteiger partial charge in [0.25, 0.3) is 5.91 Å². The molecule has 0 aromatic heterocycles. The van der Waals surface area contributed by atoms with Crippen molar-refractivity contribution in [1.29, 1.82) is 0 Å². The summed E-state index contributed by atoms with van der Waals surface area (Å²) in [7, 11) is 1.56. The molecule has 4 nitrogen and oxygen atoms in total. The number of rotatable bonds is 5. The monoisotopic (exact) mass is 271 g/mol. The van der Waals surface area contributed by atoms with Crippen molar-refractivity contribution in [1.82, 2.24) is 0 Å². The number of methoxy groups -OCH3 is 1. The third kappa shape index (κ3) is 3.75. The lowest BCUT2D eigenvalue weighted by atomic mass is 10.2. The quantitative estimate of drug-likeness (QED) is 0.909. The van der Waals surface area contributed by atoms with Crippen molar-refractivity contribution < 1.29 is 14.3 Å². The number of hydrogen-bond acceptors (Lipinski definition) is 3. The molecule has 0 atom stereocenters. The van der Waals surface area contributed by atoms with Crippen molar-refractivity contribution in [2.24, 2.45) is 0 Å². The van der Waals surface area contributed by atoms with Crippen molar-refractivity contribution in [3.8, 4) is 11.5 Å². The third-order valence-corrected chi connectivity index (χ3v) is 2.76. The van der Waals surface area contributed by atoms with Gasteiger partial charge in [-0.15, -0.1) is 0 Å². The maximum absolute atomic E-state index is 11.8. The zero-order valence-electron chi connectivity index (χ0n) is 11.6. The normalized spacial score (nSPS) is 9.90. The summed E-state index contributed by atoms with van der Waals surface area (Å²) in [5.74, 6) is 0.949.